The summed E-state index contributed by atoms with van der Waals surface area (Å²) in [6.45, 7) is 0. The first kappa shape index (κ1) is 10.4. The molecule has 0 saturated heterocycles. The van der Waals surface area contributed by atoms with E-state index in [0.29, 0.717) is 5.69 Å². The lowest BCUT2D eigenvalue weighted by molar-refractivity contribution is 0.217. The molecule has 0 spiro atoms. The molecule has 3 nitrogen and oxygen atoms in total. The highest BCUT2D eigenvalue weighted by Crippen LogP contribution is 2.23. The smallest absolute Gasteiger partial charge is 0.155 e. The molecule has 3 N–H and O–H groups in total. The van der Waals surface area contributed by atoms with Gasteiger partial charge in [-0.25, -0.2) is 0 Å². The van der Waals surface area contributed by atoms with E-state index in [1.165, 1.54) is 6.07 Å². The van der Waals surface area contributed by atoms with Gasteiger partial charge in [0.1, 0.15) is 5.75 Å². The van der Waals surface area contributed by atoms with Crippen LogP contribution in [-0.2, 0) is 0 Å². The number of hydrogen-bond donors (Lipinski definition) is 3. The minimum absolute atomic E-state index is 0.0375. The quantitative estimate of drug-likeness (QED) is 0.416. The van der Waals surface area contributed by atoms with Crippen molar-refractivity contribution in [1.82, 2.24) is 0 Å². The van der Waals surface area contributed by atoms with Gasteiger partial charge in [-0.2, -0.15) is 0 Å². The summed E-state index contributed by atoms with van der Waals surface area (Å²) < 4.78 is 0. The van der Waals surface area contributed by atoms with Crippen LogP contribution in [0.4, 0.5) is 5.69 Å². The van der Waals surface area contributed by atoms with Crippen molar-refractivity contribution in [1.29, 1.82) is 0 Å². The lowest BCUT2D eigenvalue weighted by Crippen LogP contribution is -2.25. The molecule has 0 bridgehead atoms. The number of aromatic hydroxyl groups is 1. The normalized spacial score (nSPS) is 12.9. The van der Waals surface area contributed by atoms with Gasteiger partial charge in [0, 0.05) is 0 Å². The molecule has 0 amide bonds. The van der Waals surface area contributed by atoms with Crippen LogP contribution < -0.4 is 5.32 Å². The fraction of sp³-hybridized carbons (Fsp3) is 0.250. The molecule has 1 atom stereocenters. The summed E-state index contributed by atoms with van der Waals surface area (Å²) in [5.41, 5.74) is 0.390. The lowest BCUT2D eigenvalue weighted by Gasteiger charge is -2.15. The first-order valence-corrected chi connectivity index (χ1v) is 4.49. The van der Waals surface area contributed by atoms with Crippen molar-refractivity contribution >= 4 is 28.9 Å². The molecule has 1 aromatic rings. The molecular weight excluding hydrogens is 213 g/mol. The van der Waals surface area contributed by atoms with E-state index in [-0.39, 0.29) is 5.75 Å². The highest BCUT2D eigenvalue weighted by atomic mass is 35.5. The number of halogens is 2. The van der Waals surface area contributed by atoms with Gasteiger partial charge in [-0.15, -0.1) is 23.2 Å². The molecule has 0 heterocycles. The van der Waals surface area contributed by atoms with E-state index >= 15 is 0 Å². The fourth-order valence-electron chi connectivity index (χ4n) is 0.818. The van der Waals surface area contributed by atoms with E-state index in [4.69, 9.17) is 23.2 Å². The Hall–Kier alpha value is -0.640. The van der Waals surface area contributed by atoms with Crippen molar-refractivity contribution < 1.29 is 10.2 Å². The molecule has 1 unspecified atom stereocenters. The van der Waals surface area contributed by atoms with Crippen molar-refractivity contribution in [3.8, 4) is 5.75 Å². The van der Waals surface area contributed by atoms with Crippen LogP contribution in [0.15, 0.2) is 24.3 Å². The second-order valence-corrected chi connectivity index (χ2v) is 3.60. The van der Waals surface area contributed by atoms with Gasteiger partial charge in [-0.05, 0) is 12.1 Å². The molecule has 0 aromatic heterocycles. The molecule has 1 aromatic carbocycles. The minimum Gasteiger partial charge on any atom is -0.506 e. The lowest BCUT2D eigenvalue weighted by atomic mass is 10.3. The Labute approximate surface area is 85.9 Å². The number of nitrogens with one attached hydrogen (secondary N) is 1. The minimum atomic E-state index is -1.10. The standard InChI is InChI=1S/C8H9Cl2NO2/c9-7(10)8(13)11-5-3-1-2-4-6(5)12/h1-4,7-8,11-13H. The van der Waals surface area contributed by atoms with E-state index in [9.17, 15) is 10.2 Å². The number of benzene rings is 1. The van der Waals surface area contributed by atoms with Gasteiger partial charge in [0.15, 0.2) is 11.1 Å². The predicted octanol–water partition coefficient (Wildman–Crippen LogP) is 1.93. The van der Waals surface area contributed by atoms with Crippen LogP contribution >= 0.6 is 23.2 Å². The summed E-state index contributed by atoms with van der Waals surface area (Å²) in [6.07, 6.45) is -1.10. The van der Waals surface area contributed by atoms with Gasteiger partial charge in [-0.1, -0.05) is 12.1 Å². The molecular formula is C8H9Cl2NO2. The van der Waals surface area contributed by atoms with E-state index < -0.39 is 11.1 Å². The highest BCUT2D eigenvalue weighted by molar-refractivity contribution is 6.44. The second-order valence-electron chi connectivity index (χ2n) is 2.44. The monoisotopic (exact) mass is 221 g/mol. The van der Waals surface area contributed by atoms with Crippen LogP contribution in [-0.4, -0.2) is 21.3 Å². The fourth-order valence-corrected chi connectivity index (χ4v) is 0.944. The van der Waals surface area contributed by atoms with Crippen LogP contribution in [0.3, 0.4) is 0 Å². The van der Waals surface area contributed by atoms with Gasteiger partial charge in [0.25, 0.3) is 0 Å². The van der Waals surface area contributed by atoms with Crippen LogP contribution in [0, 0.1) is 0 Å². The third kappa shape index (κ3) is 2.95. The molecule has 0 fully saturated rings. The summed E-state index contributed by atoms with van der Waals surface area (Å²) in [6, 6.07) is 6.49. The predicted molar refractivity (Wildman–Crippen MR) is 53.2 cm³/mol. The van der Waals surface area contributed by atoms with Gasteiger partial charge >= 0.3 is 0 Å². The molecule has 1 rings (SSSR count). The maximum absolute atomic E-state index is 9.28. The second kappa shape index (κ2) is 4.56. The average Bonchev–Trinajstić information content (AvgIpc) is 2.08. The number of alkyl halides is 2. The summed E-state index contributed by atoms with van der Waals surface area (Å²) in [5, 5.41) is 21.1. The Kier molecular flexibility index (Phi) is 3.66. The number of phenolic OH excluding ortho intramolecular Hbond substituents is 1. The van der Waals surface area contributed by atoms with Gasteiger partial charge in [0.2, 0.25) is 0 Å². The Morgan fingerprint density at radius 2 is 1.85 bits per heavy atom. The van der Waals surface area contributed by atoms with Crippen LogP contribution in [0.1, 0.15) is 0 Å². The zero-order valence-corrected chi connectivity index (χ0v) is 8.13. The Morgan fingerprint density at radius 1 is 1.23 bits per heavy atom. The molecule has 13 heavy (non-hydrogen) atoms. The average molecular weight is 222 g/mol. The molecule has 0 aliphatic carbocycles. The largest absolute Gasteiger partial charge is 0.506 e. The van der Waals surface area contributed by atoms with Gasteiger partial charge in [0.05, 0.1) is 5.69 Å². The number of aliphatic hydroxyl groups is 1. The maximum Gasteiger partial charge on any atom is 0.155 e. The van der Waals surface area contributed by atoms with E-state index in [2.05, 4.69) is 5.32 Å². The zero-order valence-electron chi connectivity index (χ0n) is 6.61. The maximum atomic E-state index is 9.28. The Morgan fingerprint density at radius 3 is 2.38 bits per heavy atom. The van der Waals surface area contributed by atoms with E-state index in [1.807, 2.05) is 0 Å². The number of aliphatic hydroxyl groups excluding tert-OH is 1. The number of anilines is 1. The zero-order chi connectivity index (χ0) is 9.84. The summed E-state index contributed by atoms with van der Waals surface area (Å²) in [7, 11) is 0. The molecule has 5 heteroatoms. The Balaban J connectivity index is 2.69. The summed E-state index contributed by atoms with van der Waals surface area (Å²) in [4.78, 5) is -0.945. The Bertz CT molecular complexity index is 281. The van der Waals surface area contributed by atoms with Crippen molar-refractivity contribution in [3.63, 3.8) is 0 Å². The van der Waals surface area contributed by atoms with Gasteiger partial charge < -0.3 is 15.5 Å². The van der Waals surface area contributed by atoms with Crippen molar-refractivity contribution in [2.75, 3.05) is 5.32 Å². The van der Waals surface area contributed by atoms with Crippen LogP contribution in [0.2, 0.25) is 0 Å². The number of hydrogen-bond acceptors (Lipinski definition) is 3. The van der Waals surface area contributed by atoms with Crippen LogP contribution in [0.25, 0.3) is 0 Å². The number of phenols is 1. The molecule has 0 saturated carbocycles. The first-order chi connectivity index (χ1) is 6.11. The van der Waals surface area contributed by atoms with Crippen molar-refractivity contribution in [2.45, 2.75) is 11.1 Å². The first-order valence-electron chi connectivity index (χ1n) is 3.62. The molecule has 0 radical (unpaired) electrons. The van der Waals surface area contributed by atoms with E-state index in [0.717, 1.165) is 0 Å². The third-order valence-electron chi connectivity index (χ3n) is 1.45. The SMILES string of the molecule is Oc1ccccc1NC(O)C(Cl)Cl. The third-order valence-corrected chi connectivity index (χ3v) is 1.92. The van der Waals surface area contributed by atoms with Crippen molar-refractivity contribution in [3.05, 3.63) is 24.3 Å². The number of para-hydroxylation sites is 2. The summed E-state index contributed by atoms with van der Waals surface area (Å²) >= 11 is 10.8. The molecule has 72 valence electrons. The van der Waals surface area contributed by atoms with Gasteiger partial charge in [-0.3, -0.25) is 0 Å². The molecule has 0 aliphatic rings. The van der Waals surface area contributed by atoms with Crippen molar-refractivity contribution in [2.24, 2.45) is 0 Å². The molecule has 0 aliphatic heterocycles. The number of rotatable bonds is 3. The highest BCUT2D eigenvalue weighted by Gasteiger charge is 2.13. The topological polar surface area (TPSA) is 52.5 Å². The van der Waals surface area contributed by atoms with Crippen LogP contribution in [0.5, 0.6) is 5.75 Å². The summed E-state index contributed by atoms with van der Waals surface area (Å²) in [5.74, 6) is 0.0375. The van der Waals surface area contributed by atoms with E-state index in [1.54, 1.807) is 18.2 Å².